The Morgan fingerprint density at radius 1 is 0.969 bits per heavy atom. The quantitative estimate of drug-likeness (QED) is 0.333. The minimum Gasteiger partial charge on any atom is -0.506 e. The summed E-state index contributed by atoms with van der Waals surface area (Å²) in [6.45, 7) is 7.78. The molecule has 0 spiro atoms. The third-order valence-electron chi connectivity index (χ3n) is 6.41. The fourth-order valence-corrected chi connectivity index (χ4v) is 6.72. The van der Waals surface area contributed by atoms with Crippen LogP contribution in [0.3, 0.4) is 0 Å². The zero-order chi connectivity index (χ0) is 23.8. The second-order valence-corrected chi connectivity index (χ2v) is 12.5. The van der Waals surface area contributed by atoms with Gasteiger partial charge in [0.05, 0.1) is 9.49 Å². The van der Waals surface area contributed by atoms with Crippen LogP contribution >= 0.6 is 45.2 Å². The first-order valence-corrected chi connectivity index (χ1v) is 13.0. The van der Waals surface area contributed by atoms with Gasteiger partial charge in [-0.1, -0.05) is 0 Å². The number of aromatic hydroxyl groups is 1. The van der Waals surface area contributed by atoms with Gasteiger partial charge >= 0.3 is 11.9 Å². The molecule has 1 aliphatic heterocycles. The molecule has 1 heterocycles. The van der Waals surface area contributed by atoms with E-state index in [4.69, 9.17) is 9.47 Å². The molecule has 2 N–H and O–H groups in total. The molecule has 2 aliphatic rings. The highest BCUT2D eigenvalue weighted by Crippen LogP contribution is 2.39. The molecule has 0 aromatic heterocycles. The highest BCUT2D eigenvalue weighted by Gasteiger charge is 2.46. The monoisotopic (exact) mass is 671 g/mol. The van der Waals surface area contributed by atoms with E-state index in [1.54, 1.807) is 12.1 Å². The number of rotatable bonds is 4. The van der Waals surface area contributed by atoms with Gasteiger partial charge in [0, 0.05) is 27.5 Å². The average Bonchev–Trinajstić information content (AvgIpc) is 2.68. The van der Waals surface area contributed by atoms with E-state index >= 15 is 0 Å². The zero-order valence-electron chi connectivity index (χ0n) is 18.9. The van der Waals surface area contributed by atoms with E-state index in [9.17, 15) is 19.9 Å². The molecule has 32 heavy (non-hydrogen) atoms. The van der Waals surface area contributed by atoms with Crippen LogP contribution in [0.2, 0.25) is 0 Å². The van der Waals surface area contributed by atoms with Crippen molar-refractivity contribution in [3.8, 4) is 5.75 Å². The predicted octanol–water partition coefficient (Wildman–Crippen LogP) is 5.27. The molecule has 1 aromatic rings. The number of carbonyl (C=O) groups excluding carboxylic acids is 2. The summed E-state index contributed by atoms with van der Waals surface area (Å²) in [5.74, 6) is -1.02. The van der Waals surface area contributed by atoms with Gasteiger partial charge in [0.25, 0.3) is 0 Å². The minimum absolute atomic E-state index is 0.0620. The molecule has 3 rings (SSSR count). The number of phenolic OH excluding ortho intramolecular Hbond substituents is 1. The molecule has 0 amide bonds. The third-order valence-corrected chi connectivity index (χ3v) is 7.86. The first-order valence-electron chi connectivity index (χ1n) is 10.9. The van der Waals surface area contributed by atoms with Crippen LogP contribution in [-0.2, 0) is 14.3 Å². The van der Waals surface area contributed by atoms with Crippen molar-refractivity contribution in [2.24, 2.45) is 5.92 Å². The summed E-state index contributed by atoms with van der Waals surface area (Å²) in [7, 11) is 0. The Labute approximate surface area is 216 Å². The van der Waals surface area contributed by atoms with Crippen molar-refractivity contribution in [2.75, 3.05) is 0 Å². The lowest BCUT2D eigenvalue weighted by molar-refractivity contribution is -0.260. The van der Waals surface area contributed by atoms with Gasteiger partial charge in [-0.05, 0) is 111 Å². The largest absolute Gasteiger partial charge is 0.506 e. The van der Waals surface area contributed by atoms with Crippen LogP contribution in [-0.4, -0.2) is 50.6 Å². The van der Waals surface area contributed by atoms with Gasteiger partial charge in [-0.25, -0.2) is 4.79 Å². The van der Waals surface area contributed by atoms with E-state index in [1.807, 2.05) is 50.3 Å². The van der Waals surface area contributed by atoms with Gasteiger partial charge in [0.15, 0.2) is 0 Å². The predicted molar refractivity (Wildman–Crippen MR) is 136 cm³/mol. The normalized spacial score (nSPS) is 25.8. The highest BCUT2D eigenvalue weighted by atomic mass is 127. The number of hydroxylamine groups is 2. The summed E-state index contributed by atoms with van der Waals surface area (Å²) in [4.78, 5) is 25.4. The number of hydrogen-bond acceptors (Lipinski definition) is 7. The molecule has 178 valence electrons. The van der Waals surface area contributed by atoms with Gasteiger partial charge in [0.1, 0.15) is 23.5 Å². The summed E-state index contributed by atoms with van der Waals surface area (Å²) in [6, 6.07) is 3.40. The van der Waals surface area contributed by atoms with Crippen molar-refractivity contribution in [2.45, 2.75) is 89.5 Å². The Morgan fingerprint density at radius 3 is 2.09 bits per heavy atom. The molecule has 9 heteroatoms. The van der Waals surface area contributed by atoms with Crippen molar-refractivity contribution >= 4 is 57.1 Å². The number of benzene rings is 1. The van der Waals surface area contributed by atoms with Gasteiger partial charge in [-0.2, -0.15) is 5.06 Å². The first-order chi connectivity index (χ1) is 14.8. The van der Waals surface area contributed by atoms with E-state index in [2.05, 4.69) is 22.6 Å². The lowest BCUT2D eigenvalue weighted by atomic mass is 9.80. The summed E-state index contributed by atoms with van der Waals surface area (Å²) in [6.07, 6.45) is 2.98. The molecular formula is C23H31I2NO6. The molecular weight excluding hydrogens is 640 g/mol. The molecule has 1 saturated carbocycles. The maximum atomic E-state index is 12.8. The maximum absolute atomic E-state index is 12.8. The molecule has 1 aromatic carbocycles. The minimum atomic E-state index is -0.537. The number of halogens is 2. The van der Waals surface area contributed by atoms with Crippen LogP contribution in [0.15, 0.2) is 12.1 Å². The van der Waals surface area contributed by atoms with Gasteiger partial charge in [-0.15, -0.1) is 0 Å². The Bertz CT molecular complexity index is 861. The highest BCUT2D eigenvalue weighted by molar-refractivity contribution is 14.1. The number of nitrogens with zero attached hydrogens (tertiary/aromatic N) is 1. The third kappa shape index (κ3) is 5.87. The van der Waals surface area contributed by atoms with E-state index in [0.717, 1.165) is 3.57 Å². The van der Waals surface area contributed by atoms with Crippen LogP contribution in [0, 0.1) is 13.1 Å². The molecule has 0 unspecified atom stereocenters. The Hall–Kier alpha value is -0.660. The fraction of sp³-hybridized carbons (Fsp3) is 0.652. The topological polar surface area (TPSA) is 96.3 Å². The molecule has 0 radical (unpaired) electrons. The molecule has 0 bridgehead atoms. The van der Waals surface area contributed by atoms with E-state index in [0.29, 0.717) is 42.1 Å². The summed E-state index contributed by atoms with van der Waals surface area (Å²) in [5, 5.41) is 22.0. The van der Waals surface area contributed by atoms with Crippen molar-refractivity contribution in [1.29, 1.82) is 0 Å². The van der Waals surface area contributed by atoms with Crippen molar-refractivity contribution in [3.05, 3.63) is 24.8 Å². The first kappa shape index (κ1) is 26.0. The molecule has 1 saturated heterocycles. The summed E-state index contributed by atoms with van der Waals surface area (Å²) in [5.41, 5.74) is -0.780. The number of phenols is 1. The van der Waals surface area contributed by atoms with Gasteiger partial charge in [0.2, 0.25) is 0 Å². The van der Waals surface area contributed by atoms with Crippen LogP contribution in [0.4, 0.5) is 0 Å². The van der Waals surface area contributed by atoms with E-state index < -0.39 is 17.0 Å². The molecule has 7 nitrogen and oxygen atoms in total. The molecule has 1 aliphatic carbocycles. The maximum Gasteiger partial charge on any atom is 0.342 e. The van der Waals surface area contributed by atoms with Crippen LogP contribution in [0.1, 0.15) is 76.6 Å². The smallest absolute Gasteiger partial charge is 0.342 e. The fourth-order valence-electron chi connectivity index (χ4n) is 4.88. The second-order valence-electron chi connectivity index (χ2n) is 10.1. The SMILES string of the molecule is CC1(C)CC(OC(=O)C2CCC(OC(=O)c3cc(I)cc(I)c3O)CC2)CC(C)(C)N1O. The number of hydrogen-bond donors (Lipinski definition) is 2. The van der Waals surface area contributed by atoms with Crippen molar-refractivity contribution in [3.63, 3.8) is 0 Å². The number of ether oxygens (including phenoxy) is 2. The Kier molecular flexibility index (Phi) is 8.04. The number of esters is 2. The van der Waals surface area contributed by atoms with Crippen LogP contribution in [0.25, 0.3) is 0 Å². The Morgan fingerprint density at radius 2 is 1.53 bits per heavy atom. The van der Waals surface area contributed by atoms with Crippen LogP contribution in [0.5, 0.6) is 5.75 Å². The molecule has 2 fully saturated rings. The number of carbonyl (C=O) groups is 2. The Balaban J connectivity index is 1.52. The van der Waals surface area contributed by atoms with Gasteiger partial charge in [-0.3, -0.25) is 4.79 Å². The van der Waals surface area contributed by atoms with Crippen molar-refractivity contribution in [1.82, 2.24) is 5.06 Å². The molecule has 0 atom stereocenters. The second kappa shape index (κ2) is 9.91. The lowest BCUT2D eigenvalue weighted by Crippen LogP contribution is -2.60. The summed E-state index contributed by atoms with van der Waals surface area (Å²) >= 11 is 4.08. The van der Waals surface area contributed by atoms with Crippen LogP contribution < -0.4 is 0 Å². The lowest BCUT2D eigenvalue weighted by Gasteiger charge is -2.51. The van der Waals surface area contributed by atoms with Gasteiger partial charge < -0.3 is 19.8 Å². The average molecular weight is 671 g/mol. The van der Waals surface area contributed by atoms with E-state index in [-0.39, 0.29) is 35.4 Å². The number of piperidine rings is 1. The zero-order valence-corrected chi connectivity index (χ0v) is 23.2. The summed E-state index contributed by atoms with van der Waals surface area (Å²) < 4.78 is 12.9. The van der Waals surface area contributed by atoms with Crippen molar-refractivity contribution < 1.29 is 29.4 Å². The standard InChI is InChI=1S/C23H31I2NO6/c1-22(2)11-16(12-23(3,4)26(22)30)32-20(28)13-5-7-15(8-6-13)31-21(29)17-9-14(24)10-18(25)19(17)27/h9-10,13,15-16,27,30H,5-8,11-12H2,1-4H3. The van der Waals surface area contributed by atoms with E-state index in [1.165, 1.54) is 5.06 Å².